The van der Waals surface area contributed by atoms with Gasteiger partial charge in [0.25, 0.3) is 10.2 Å². The Labute approximate surface area is 181 Å². The molecule has 2 N–H and O–H groups in total. The molecule has 2 rings (SSSR count). The molecule has 0 aliphatic heterocycles. The van der Waals surface area contributed by atoms with E-state index in [9.17, 15) is 26.0 Å². The Balaban J connectivity index is 2.46. The fourth-order valence-electron chi connectivity index (χ4n) is 2.41. The summed E-state index contributed by atoms with van der Waals surface area (Å²) in [5.41, 5.74) is 0.233. The molecule has 0 aromatic heterocycles. The van der Waals surface area contributed by atoms with Gasteiger partial charge >= 0.3 is 0 Å². The number of nitrogens with two attached hydrogens (primary N) is 1. The van der Waals surface area contributed by atoms with Gasteiger partial charge in [0.15, 0.2) is 15.6 Å². The van der Waals surface area contributed by atoms with Crippen LogP contribution in [0.25, 0.3) is 0 Å². The molecule has 0 bridgehead atoms. The number of sulfone groups is 1. The highest BCUT2D eigenvalue weighted by atomic mass is 79.9. The summed E-state index contributed by atoms with van der Waals surface area (Å²) in [6, 6.07) is 7.37. The van der Waals surface area contributed by atoms with Gasteiger partial charge in [0.05, 0.1) is 16.5 Å². The molecule has 0 saturated carbocycles. The van der Waals surface area contributed by atoms with Gasteiger partial charge in [0.2, 0.25) is 0 Å². The lowest BCUT2D eigenvalue weighted by Gasteiger charge is -2.23. The van der Waals surface area contributed by atoms with E-state index in [1.807, 2.05) is 0 Å². The van der Waals surface area contributed by atoms with Crippen molar-refractivity contribution in [2.24, 2.45) is 5.14 Å². The molecule has 12 heteroatoms. The van der Waals surface area contributed by atoms with Crippen molar-refractivity contribution in [3.05, 3.63) is 62.8 Å². The Bertz CT molecular complexity index is 1140. The highest BCUT2D eigenvalue weighted by molar-refractivity contribution is 9.10. The Hall–Kier alpha value is -1.53. The highest BCUT2D eigenvalue weighted by Gasteiger charge is 2.25. The summed E-state index contributed by atoms with van der Waals surface area (Å²) in [6.45, 7) is 1.00. The van der Waals surface area contributed by atoms with Gasteiger partial charge in [-0.3, -0.25) is 9.10 Å². The number of hydrogen-bond acceptors (Lipinski definition) is 5. The van der Waals surface area contributed by atoms with Crippen molar-refractivity contribution in [1.82, 2.24) is 0 Å². The normalized spacial score (nSPS) is 12.0. The van der Waals surface area contributed by atoms with Gasteiger partial charge in [-0.25, -0.2) is 17.9 Å². The van der Waals surface area contributed by atoms with E-state index in [2.05, 4.69) is 15.9 Å². The zero-order valence-corrected chi connectivity index (χ0v) is 19.1. The summed E-state index contributed by atoms with van der Waals surface area (Å²) >= 11 is 9.40. The van der Waals surface area contributed by atoms with Crippen LogP contribution >= 0.6 is 27.5 Å². The van der Waals surface area contributed by atoms with E-state index in [1.165, 1.54) is 31.2 Å². The second kappa shape index (κ2) is 9.09. The van der Waals surface area contributed by atoms with Crippen molar-refractivity contribution in [3.63, 3.8) is 0 Å². The molecule has 0 heterocycles. The van der Waals surface area contributed by atoms with Crippen LogP contribution in [0.1, 0.15) is 22.8 Å². The third kappa shape index (κ3) is 5.98. The van der Waals surface area contributed by atoms with Gasteiger partial charge in [-0.1, -0.05) is 18.5 Å². The molecule has 0 radical (unpaired) electrons. The van der Waals surface area contributed by atoms with Crippen LogP contribution < -0.4 is 9.44 Å². The summed E-state index contributed by atoms with van der Waals surface area (Å²) < 4.78 is 61.5. The van der Waals surface area contributed by atoms with Gasteiger partial charge in [-0.05, 0) is 52.3 Å². The topological polar surface area (TPSA) is 115 Å². The average molecular weight is 528 g/mol. The maximum Gasteiger partial charge on any atom is 0.299 e. The molecule has 2 aromatic rings. The van der Waals surface area contributed by atoms with Crippen LogP contribution in [-0.4, -0.2) is 40.7 Å². The quantitative estimate of drug-likeness (QED) is 0.530. The van der Waals surface area contributed by atoms with Crippen molar-refractivity contribution in [2.75, 3.05) is 22.4 Å². The van der Waals surface area contributed by atoms with E-state index in [1.54, 1.807) is 0 Å². The molecular weight excluding hydrogens is 511 g/mol. The minimum Gasteiger partial charge on any atom is -0.289 e. The lowest BCUT2D eigenvalue weighted by molar-refractivity contribution is 0.103. The summed E-state index contributed by atoms with van der Waals surface area (Å²) in [5.74, 6) is -1.58. The molecule has 0 fully saturated rings. The number of ketones is 1. The number of hydrogen-bond donors (Lipinski definition) is 1. The number of rotatable bonds is 8. The average Bonchev–Trinajstić information content (AvgIpc) is 2.63. The summed E-state index contributed by atoms with van der Waals surface area (Å²) in [5, 5.41) is 5.11. The molecule has 0 spiro atoms. The first-order chi connectivity index (χ1) is 13.4. The molecule has 0 unspecified atom stereocenters. The predicted molar refractivity (Wildman–Crippen MR) is 114 cm³/mol. The monoisotopic (exact) mass is 526 g/mol. The maximum atomic E-state index is 13.1. The molecule has 29 heavy (non-hydrogen) atoms. The van der Waals surface area contributed by atoms with Gasteiger partial charge in [-0.2, -0.15) is 8.42 Å². The van der Waals surface area contributed by atoms with Crippen molar-refractivity contribution in [3.8, 4) is 0 Å². The van der Waals surface area contributed by atoms with Gasteiger partial charge < -0.3 is 0 Å². The Morgan fingerprint density at radius 1 is 1.17 bits per heavy atom. The Morgan fingerprint density at radius 2 is 1.76 bits per heavy atom. The molecular formula is C17H17BrClFN2O5S2. The van der Waals surface area contributed by atoms with Crippen molar-refractivity contribution < 1.29 is 26.0 Å². The van der Waals surface area contributed by atoms with E-state index in [0.717, 1.165) is 12.1 Å². The lowest BCUT2D eigenvalue weighted by Crippen LogP contribution is -2.40. The third-order valence-corrected chi connectivity index (χ3v) is 7.65. The highest BCUT2D eigenvalue weighted by Crippen LogP contribution is 2.34. The van der Waals surface area contributed by atoms with Gasteiger partial charge in [0, 0.05) is 27.9 Å². The molecule has 0 saturated heterocycles. The van der Waals surface area contributed by atoms with Crippen LogP contribution in [0.4, 0.5) is 10.1 Å². The van der Waals surface area contributed by atoms with E-state index < -0.39 is 43.9 Å². The first-order valence-corrected chi connectivity index (χ1v) is 12.7. The number of carbonyl (C=O) groups is 1. The van der Waals surface area contributed by atoms with Crippen molar-refractivity contribution in [1.29, 1.82) is 0 Å². The van der Waals surface area contributed by atoms with Crippen LogP contribution in [0.3, 0.4) is 0 Å². The number of carbonyl (C=O) groups excluding carboxylic acids is 1. The summed E-state index contributed by atoms with van der Waals surface area (Å²) in [6.07, 6.45) is 0. The molecule has 7 nitrogen and oxygen atoms in total. The first kappa shape index (κ1) is 23.7. The first-order valence-electron chi connectivity index (χ1n) is 8.16. The van der Waals surface area contributed by atoms with Gasteiger partial charge in [0.1, 0.15) is 5.82 Å². The van der Waals surface area contributed by atoms with E-state index in [0.29, 0.717) is 4.31 Å². The fourth-order valence-corrected chi connectivity index (χ4v) is 4.87. The fraction of sp³-hybridized carbons (Fsp3) is 0.235. The predicted octanol–water partition coefficient (Wildman–Crippen LogP) is 2.92. The largest absolute Gasteiger partial charge is 0.299 e. The minimum absolute atomic E-state index is 0.0806. The number of nitrogens with zero attached hydrogens (tertiary/aromatic N) is 1. The zero-order valence-electron chi connectivity index (χ0n) is 15.1. The minimum atomic E-state index is -4.34. The van der Waals surface area contributed by atoms with Crippen LogP contribution in [0.2, 0.25) is 5.02 Å². The smallest absolute Gasteiger partial charge is 0.289 e. The molecule has 158 valence electrons. The van der Waals surface area contributed by atoms with Crippen LogP contribution in [0.15, 0.2) is 40.9 Å². The summed E-state index contributed by atoms with van der Waals surface area (Å²) in [4.78, 5) is 12.7. The standard InChI is InChI=1S/C17H17BrClFN2O5S2/c1-2-28(24,25)8-7-22(29(21,26)27)16-10-14(18)13(9-15(16)19)17(23)11-3-5-12(20)6-4-11/h3-6,9-10H,2,7-8H2,1H3,(H2,21,26,27). The van der Waals surface area contributed by atoms with Crippen molar-refractivity contribution in [2.45, 2.75) is 6.92 Å². The molecule has 2 aromatic carbocycles. The zero-order chi connectivity index (χ0) is 22.0. The van der Waals surface area contributed by atoms with Gasteiger partial charge in [-0.15, -0.1) is 0 Å². The number of halogens is 3. The molecule has 0 aliphatic carbocycles. The lowest BCUT2D eigenvalue weighted by atomic mass is 10.0. The third-order valence-electron chi connectivity index (χ3n) is 4.01. The van der Waals surface area contributed by atoms with Crippen LogP contribution in [0.5, 0.6) is 0 Å². The Morgan fingerprint density at radius 3 is 2.28 bits per heavy atom. The summed E-state index contributed by atoms with van der Waals surface area (Å²) in [7, 11) is -7.81. The van der Waals surface area contributed by atoms with Crippen molar-refractivity contribution >= 4 is 59.0 Å². The van der Waals surface area contributed by atoms with E-state index in [4.69, 9.17) is 16.7 Å². The second-order valence-electron chi connectivity index (χ2n) is 5.97. The van der Waals surface area contributed by atoms with E-state index in [-0.39, 0.29) is 32.1 Å². The second-order valence-corrected chi connectivity index (χ2v) is 11.2. The molecule has 0 amide bonds. The number of benzene rings is 2. The molecule has 0 atom stereocenters. The molecule has 0 aliphatic rings. The van der Waals surface area contributed by atoms with E-state index >= 15 is 0 Å². The Kier molecular flexibility index (Phi) is 7.44. The number of anilines is 1. The maximum absolute atomic E-state index is 13.1. The SMILES string of the molecule is CCS(=O)(=O)CCN(c1cc(Br)c(C(=O)c2ccc(F)cc2)cc1Cl)S(N)(=O)=O. The van der Waals surface area contributed by atoms with Crippen LogP contribution in [-0.2, 0) is 20.0 Å². The van der Waals surface area contributed by atoms with Crippen LogP contribution in [0, 0.1) is 5.82 Å².